The average Bonchev–Trinajstić information content (AvgIpc) is 3.18. The number of likely N-dealkylation sites (tertiary alicyclic amines) is 1. The number of nitrogens with zero attached hydrogens (tertiary/aromatic N) is 2. The normalized spacial score (nSPS) is 20.7. The molecule has 2 fully saturated rings. The molecule has 1 saturated heterocycles. The van der Waals surface area contributed by atoms with Crippen molar-refractivity contribution in [2.24, 2.45) is 16.1 Å². The number of hydrogen-bond donors (Lipinski definition) is 1. The van der Waals surface area contributed by atoms with Crippen molar-refractivity contribution < 1.29 is 4.79 Å². The quantitative estimate of drug-likeness (QED) is 0.234. The van der Waals surface area contributed by atoms with E-state index in [-0.39, 0.29) is 5.03 Å². The first-order chi connectivity index (χ1) is 14.6. The molecule has 170 valence electrons. The maximum atomic E-state index is 12.0. The van der Waals surface area contributed by atoms with Gasteiger partial charge in [0.25, 0.3) is 0 Å². The summed E-state index contributed by atoms with van der Waals surface area (Å²) in [5.74, 6) is 0.186. The summed E-state index contributed by atoms with van der Waals surface area (Å²) in [7, 11) is 0. The third-order valence-corrected chi connectivity index (χ3v) is 8.11. The summed E-state index contributed by atoms with van der Waals surface area (Å²) in [5, 5.41) is 0.643. The van der Waals surface area contributed by atoms with Gasteiger partial charge in [-0.2, -0.15) is 0 Å². The second-order valence-corrected chi connectivity index (χ2v) is 10.3. The lowest BCUT2D eigenvalue weighted by atomic mass is 9.77. The number of hydrogen-bond acceptors (Lipinski definition) is 4. The summed E-state index contributed by atoms with van der Waals surface area (Å²) in [6.45, 7) is 15.1. The predicted octanol–water partition coefficient (Wildman–Crippen LogP) is 6.85. The number of primary amides is 1. The van der Waals surface area contributed by atoms with Gasteiger partial charge in [0.2, 0.25) is 5.91 Å². The van der Waals surface area contributed by atoms with Crippen LogP contribution in [0.3, 0.4) is 0 Å². The number of thioether (sulfide) groups is 1. The highest BCUT2D eigenvalue weighted by atomic mass is 35.5. The Labute approximate surface area is 201 Å². The number of carbonyl (C=O) groups excluding carboxylic acids is 1. The first-order valence-electron chi connectivity index (χ1n) is 10.7. The molecule has 31 heavy (non-hydrogen) atoms. The molecular weight excluding hydrogens is 449 g/mol. The van der Waals surface area contributed by atoms with Crippen molar-refractivity contribution >= 4 is 46.6 Å². The highest BCUT2D eigenvalue weighted by molar-refractivity contribution is 8.07. The van der Waals surface area contributed by atoms with Crippen LogP contribution in [0.2, 0.25) is 0 Å². The van der Waals surface area contributed by atoms with Crippen LogP contribution in [-0.4, -0.2) is 29.6 Å². The van der Waals surface area contributed by atoms with Crippen LogP contribution in [0.25, 0.3) is 0 Å². The van der Waals surface area contributed by atoms with Crippen LogP contribution in [-0.2, 0) is 4.79 Å². The van der Waals surface area contributed by atoms with E-state index >= 15 is 0 Å². The molecule has 7 heteroatoms. The van der Waals surface area contributed by atoms with Gasteiger partial charge in [-0.1, -0.05) is 73.1 Å². The van der Waals surface area contributed by atoms with Gasteiger partial charge in [-0.3, -0.25) is 4.79 Å². The van der Waals surface area contributed by atoms with Gasteiger partial charge in [-0.05, 0) is 51.9 Å². The molecule has 0 aromatic rings. The second kappa shape index (κ2) is 11.4. The number of halogens is 2. The largest absolute Gasteiger partial charge is 0.366 e. The Kier molecular flexibility index (Phi) is 9.53. The molecule has 1 aliphatic carbocycles. The Balaban J connectivity index is 2.26. The Morgan fingerprint density at radius 1 is 1.13 bits per heavy atom. The molecule has 4 nitrogen and oxygen atoms in total. The minimum Gasteiger partial charge on any atom is -0.366 e. The van der Waals surface area contributed by atoms with E-state index < -0.39 is 5.91 Å². The lowest BCUT2D eigenvalue weighted by Crippen LogP contribution is -2.39. The van der Waals surface area contributed by atoms with Crippen LogP contribution in [0, 0.1) is 5.41 Å². The molecule has 0 atom stereocenters. The van der Waals surface area contributed by atoms with Crippen molar-refractivity contribution in [3.8, 4) is 0 Å². The number of piperidine rings is 1. The van der Waals surface area contributed by atoms with E-state index in [0.29, 0.717) is 32.5 Å². The fourth-order valence-corrected chi connectivity index (χ4v) is 5.40. The van der Waals surface area contributed by atoms with Gasteiger partial charge in [-0.25, -0.2) is 4.99 Å². The van der Waals surface area contributed by atoms with Gasteiger partial charge >= 0.3 is 0 Å². The lowest BCUT2D eigenvalue weighted by molar-refractivity contribution is -0.114. The van der Waals surface area contributed by atoms with E-state index in [2.05, 4.69) is 18.1 Å². The zero-order chi connectivity index (χ0) is 23.2. The summed E-state index contributed by atoms with van der Waals surface area (Å²) in [4.78, 5) is 20.4. The minimum atomic E-state index is -0.457. The molecule has 1 aliphatic heterocycles. The molecule has 1 heterocycles. The number of carbonyl (C=O) groups is 1. The van der Waals surface area contributed by atoms with Crippen molar-refractivity contribution in [3.05, 3.63) is 56.6 Å². The van der Waals surface area contributed by atoms with Crippen molar-refractivity contribution in [2.75, 3.05) is 13.1 Å². The first-order valence-corrected chi connectivity index (χ1v) is 12.2. The van der Waals surface area contributed by atoms with Crippen LogP contribution in [0.1, 0.15) is 59.3 Å². The molecule has 2 rings (SSSR count). The van der Waals surface area contributed by atoms with Gasteiger partial charge < -0.3 is 10.6 Å². The molecule has 0 radical (unpaired) electrons. The topological polar surface area (TPSA) is 58.7 Å². The lowest BCUT2D eigenvalue weighted by Gasteiger charge is -2.40. The maximum absolute atomic E-state index is 12.0. The van der Waals surface area contributed by atoms with Gasteiger partial charge in [0.15, 0.2) is 0 Å². The molecule has 2 aliphatic rings. The summed E-state index contributed by atoms with van der Waals surface area (Å²) < 4.78 is 0. The van der Waals surface area contributed by atoms with E-state index in [9.17, 15) is 4.79 Å². The fourth-order valence-electron chi connectivity index (χ4n) is 4.18. The van der Waals surface area contributed by atoms with Crippen molar-refractivity contribution in [1.29, 1.82) is 0 Å². The second-order valence-electron chi connectivity index (χ2n) is 8.31. The van der Waals surface area contributed by atoms with Gasteiger partial charge in [-0.15, -0.1) is 0 Å². The van der Waals surface area contributed by atoms with Crippen LogP contribution in [0.5, 0.6) is 0 Å². The molecule has 0 aromatic heterocycles. The standard InChI is InChI=1S/C24H33Cl2N3OS/c1-6-9-20(21(26)17(3)25)31-19(5)18(4)28-23(16(2)22(27)30)29-14-12-24(13-15-29)10-7-8-11-24/h6,9H,3,5,7-8,10-15H2,1-2,4H3,(H2,27,30)/b9-6-,21-20-,23-16-,28-18-. The third-order valence-electron chi connectivity index (χ3n) is 6.18. The van der Waals surface area contributed by atoms with Crippen molar-refractivity contribution in [1.82, 2.24) is 4.90 Å². The molecule has 1 saturated carbocycles. The summed E-state index contributed by atoms with van der Waals surface area (Å²) in [5.41, 5.74) is 7.28. The molecule has 2 N–H and O–H groups in total. The predicted molar refractivity (Wildman–Crippen MR) is 136 cm³/mol. The molecule has 0 aromatic carbocycles. The Morgan fingerprint density at radius 3 is 2.19 bits per heavy atom. The van der Waals surface area contributed by atoms with Gasteiger partial charge in [0.1, 0.15) is 5.82 Å². The Morgan fingerprint density at radius 2 is 1.71 bits per heavy atom. The third kappa shape index (κ3) is 6.77. The molecule has 0 unspecified atom stereocenters. The highest BCUT2D eigenvalue weighted by Gasteiger charge is 2.37. The van der Waals surface area contributed by atoms with E-state index in [1.807, 2.05) is 26.0 Å². The number of aliphatic imine (C=N–C) groups is 1. The van der Waals surface area contributed by atoms with E-state index in [0.717, 1.165) is 30.8 Å². The molecule has 1 amide bonds. The Hall–Kier alpha value is -1.43. The summed E-state index contributed by atoms with van der Waals surface area (Å²) in [6, 6.07) is 0. The van der Waals surface area contributed by atoms with E-state index in [1.54, 1.807) is 6.92 Å². The number of nitrogens with two attached hydrogens (primary N) is 1. The Bertz CT molecular complexity index is 854. The van der Waals surface area contributed by atoms with Crippen LogP contribution in [0.15, 0.2) is 61.6 Å². The minimum absolute atomic E-state index is 0.268. The molecular formula is C24H33Cl2N3OS. The summed E-state index contributed by atoms with van der Waals surface area (Å²) >= 11 is 13.7. The van der Waals surface area contributed by atoms with Crippen LogP contribution < -0.4 is 5.73 Å². The summed E-state index contributed by atoms with van der Waals surface area (Å²) in [6.07, 6.45) is 11.3. The highest BCUT2D eigenvalue weighted by Crippen LogP contribution is 2.46. The van der Waals surface area contributed by atoms with Crippen molar-refractivity contribution in [2.45, 2.75) is 59.3 Å². The number of rotatable bonds is 8. The number of amides is 1. The zero-order valence-corrected chi connectivity index (χ0v) is 21.1. The van der Waals surface area contributed by atoms with E-state index in [4.69, 9.17) is 33.9 Å². The molecule has 1 spiro atoms. The zero-order valence-electron chi connectivity index (χ0n) is 18.8. The van der Waals surface area contributed by atoms with Crippen LogP contribution in [0.4, 0.5) is 0 Å². The monoisotopic (exact) mass is 481 g/mol. The maximum Gasteiger partial charge on any atom is 0.248 e. The van der Waals surface area contributed by atoms with Crippen molar-refractivity contribution in [3.63, 3.8) is 0 Å². The smallest absolute Gasteiger partial charge is 0.248 e. The molecule has 0 bridgehead atoms. The van der Waals surface area contributed by atoms with E-state index in [1.165, 1.54) is 37.4 Å². The van der Waals surface area contributed by atoms with Gasteiger partial charge in [0, 0.05) is 22.9 Å². The fraction of sp³-hybridized carbons (Fsp3) is 0.500. The van der Waals surface area contributed by atoms with Crippen LogP contribution >= 0.6 is 35.0 Å². The number of allylic oxidation sites excluding steroid dienone is 5. The van der Waals surface area contributed by atoms with Gasteiger partial charge in [0.05, 0.1) is 21.3 Å². The first kappa shape index (κ1) is 25.8. The SMILES string of the molecule is C=C(SC(/C=C\C)=C(\Cl)C(=C)Cl)/C(C)=N\C(=C(/C)C(N)=O)N1CCC2(CCCC2)CC1. The average molecular weight is 483 g/mol.